The van der Waals surface area contributed by atoms with Gasteiger partial charge in [-0.3, -0.25) is 19.0 Å². The van der Waals surface area contributed by atoms with E-state index in [9.17, 15) is 19.2 Å². The van der Waals surface area contributed by atoms with E-state index in [1.807, 2.05) is 37.3 Å². The third kappa shape index (κ3) is 5.60. The Labute approximate surface area is 208 Å². The summed E-state index contributed by atoms with van der Waals surface area (Å²) in [5, 5.41) is 5.99. The van der Waals surface area contributed by atoms with Gasteiger partial charge in [-0.25, -0.2) is 9.36 Å². The van der Waals surface area contributed by atoms with Gasteiger partial charge in [0.25, 0.3) is 5.56 Å². The molecule has 8 nitrogen and oxygen atoms in total. The first-order valence-corrected chi connectivity index (χ1v) is 11.9. The summed E-state index contributed by atoms with van der Waals surface area (Å²) in [6.07, 6.45) is 1.06. The Morgan fingerprint density at radius 2 is 1.47 bits per heavy atom. The van der Waals surface area contributed by atoms with Gasteiger partial charge in [0.2, 0.25) is 11.8 Å². The fraction of sp³-hybridized carbons (Fsp3) is 0.214. The molecule has 4 rings (SSSR count). The minimum absolute atomic E-state index is 0.0867. The van der Waals surface area contributed by atoms with Crippen LogP contribution in [0, 0.1) is 0 Å². The lowest BCUT2D eigenvalue weighted by Gasteiger charge is -2.14. The van der Waals surface area contributed by atoms with Crippen molar-refractivity contribution in [2.24, 2.45) is 0 Å². The van der Waals surface area contributed by atoms with Gasteiger partial charge in [-0.2, -0.15) is 0 Å². The second-order valence-corrected chi connectivity index (χ2v) is 8.48. The Kier molecular flexibility index (Phi) is 7.75. The van der Waals surface area contributed by atoms with Crippen LogP contribution in [0.1, 0.15) is 24.5 Å². The Morgan fingerprint density at radius 1 is 0.778 bits per heavy atom. The number of hydrogen-bond acceptors (Lipinski definition) is 4. The van der Waals surface area contributed by atoms with Crippen molar-refractivity contribution in [2.75, 3.05) is 6.54 Å². The first-order chi connectivity index (χ1) is 17.5. The molecule has 8 heteroatoms. The minimum Gasteiger partial charge on any atom is -0.356 e. The monoisotopic (exact) mass is 484 g/mol. The molecule has 0 radical (unpaired) electrons. The van der Waals surface area contributed by atoms with Gasteiger partial charge >= 0.3 is 5.69 Å². The van der Waals surface area contributed by atoms with E-state index in [4.69, 9.17) is 0 Å². The summed E-state index contributed by atoms with van der Waals surface area (Å²) in [5.74, 6) is -0.430. The summed E-state index contributed by atoms with van der Waals surface area (Å²) in [4.78, 5) is 51.5. The molecule has 1 aromatic heterocycles. The third-order valence-corrected chi connectivity index (χ3v) is 5.82. The lowest BCUT2D eigenvalue weighted by molar-refractivity contribution is -0.122. The van der Waals surface area contributed by atoms with Gasteiger partial charge in [0.1, 0.15) is 6.54 Å². The molecule has 3 aromatic carbocycles. The largest absolute Gasteiger partial charge is 0.356 e. The SMILES string of the molecule is CCCNC(=O)Cc1ccc(-n2c(=O)c3ccccc3n(CC(=O)NCc3ccccc3)c2=O)cc1. The van der Waals surface area contributed by atoms with Crippen LogP contribution in [0.2, 0.25) is 0 Å². The summed E-state index contributed by atoms with van der Waals surface area (Å²) < 4.78 is 2.37. The normalized spacial score (nSPS) is 10.8. The molecule has 4 aromatic rings. The number of rotatable bonds is 9. The maximum absolute atomic E-state index is 13.5. The molecule has 0 aliphatic heterocycles. The average molecular weight is 485 g/mol. The van der Waals surface area contributed by atoms with E-state index in [0.717, 1.165) is 22.1 Å². The van der Waals surface area contributed by atoms with E-state index in [2.05, 4.69) is 10.6 Å². The Bertz CT molecular complexity index is 1490. The molecule has 0 aliphatic carbocycles. The highest BCUT2D eigenvalue weighted by atomic mass is 16.2. The number of carbonyl (C=O) groups is 2. The van der Waals surface area contributed by atoms with Crippen LogP contribution in [0.4, 0.5) is 0 Å². The van der Waals surface area contributed by atoms with Crippen molar-refractivity contribution >= 4 is 22.7 Å². The highest BCUT2D eigenvalue weighted by Gasteiger charge is 2.16. The molecule has 0 bridgehead atoms. The lowest BCUT2D eigenvalue weighted by Crippen LogP contribution is -2.41. The topological polar surface area (TPSA) is 102 Å². The predicted molar refractivity (Wildman–Crippen MR) is 139 cm³/mol. The van der Waals surface area contributed by atoms with E-state index < -0.39 is 11.2 Å². The summed E-state index contributed by atoms with van der Waals surface area (Å²) in [5.41, 5.74) is 1.39. The van der Waals surface area contributed by atoms with Crippen LogP contribution in [-0.2, 0) is 29.1 Å². The zero-order valence-electron chi connectivity index (χ0n) is 20.1. The van der Waals surface area contributed by atoms with E-state index in [1.165, 1.54) is 4.57 Å². The minimum atomic E-state index is -0.609. The lowest BCUT2D eigenvalue weighted by atomic mass is 10.1. The maximum Gasteiger partial charge on any atom is 0.336 e. The fourth-order valence-corrected chi connectivity index (χ4v) is 3.97. The van der Waals surface area contributed by atoms with Gasteiger partial charge in [-0.05, 0) is 41.8 Å². The molecule has 0 saturated carbocycles. The van der Waals surface area contributed by atoms with Crippen molar-refractivity contribution in [3.63, 3.8) is 0 Å². The molecule has 0 atom stereocenters. The van der Waals surface area contributed by atoms with E-state index >= 15 is 0 Å². The van der Waals surface area contributed by atoms with Gasteiger partial charge < -0.3 is 10.6 Å². The summed E-state index contributed by atoms with van der Waals surface area (Å²) >= 11 is 0. The van der Waals surface area contributed by atoms with Crippen molar-refractivity contribution in [1.29, 1.82) is 0 Å². The summed E-state index contributed by atoms with van der Waals surface area (Å²) in [6, 6.07) is 22.9. The van der Waals surface area contributed by atoms with Gasteiger partial charge in [-0.1, -0.05) is 61.5 Å². The van der Waals surface area contributed by atoms with Gasteiger partial charge in [0.15, 0.2) is 0 Å². The second kappa shape index (κ2) is 11.3. The van der Waals surface area contributed by atoms with Crippen LogP contribution < -0.4 is 21.9 Å². The van der Waals surface area contributed by atoms with Crippen LogP contribution in [0.25, 0.3) is 16.6 Å². The Hall–Kier alpha value is -4.46. The Morgan fingerprint density at radius 3 is 2.19 bits per heavy atom. The number of nitrogens with zero attached hydrogens (tertiary/aromatic N) is 2. The molecule has 36 heavy (non-hydrogen) atoms. The van der Waals surface area contributed by atoms with Crippen LogP contribution >= 0.6 is 0 Å². The molecule has 0 aliphatic rings. The number of benzene rings is 3. The van der Waals surface area contributed by atoms with Crippen molar-refractivity contribution in [3.8, 4) is 5.69 Å². The maximum atomic E-state index is 13.5. The summed E-state index contributed by atoms with van der Waals surface area (Å²) in [6.45, 7) is 2.69. The van der Waals surface area contributed by atoms with Crippen LogP contribution in [0.3, 0.4) is 0 Å². The number of carbonyl (C=O) groups excluding carboxylic acids is 2. The molecule has 1 heterocycles. The van der Waals surface area contributed by atoms with Crippen LogP contribution in [0.15, 0.2) is 88.5 Å². The zero-order chi connectivity index (χ0) is 25.5. The molecule has 0 saturated heterocycles. The number of fused-ring (bicyclic) bond motifs is 1. The van der Waals surface area contributed by atoms with Crippen molar-refractivity contribution < 1.29 is 9.59 Å². The van der Waals surface area contributed by atoms with Crippen molar-refractivity contribution in [3.05, 3.63) is 111 Å². The van der Waals surface area contributed by atoms with Crippen LogP contribution in [0.5, 0.6) is 0 Å². The second-order valence-electron chi connectivity index (χ2n) is 8.48. The molecule has 2 N–H and O–H groups in total. The fourth-order valence-electron chi connectivity index (χ4n) is 3.97. The number of amides is 2. The predicted octanol–water partition coefficient (Wildman–Crippen LogP) is 2.54. The molecular formula is C28H28N4O4. The smallest absolute Gasteiger partial charge is 0.336 e. The number of aromatic nitrogens is 2. The molecular weight excluding hydrogens is 456 g/mol. The standard InChI is InChI=1S/C28H28N4O4/c1-2-16-29-25(33)17-20-12-14-22(15-13-20)32-27(35)23-10-6-7-11-24(23)31(28(32)36)19-26(34)30-18-21-8-4-3-5-9-21/h3-15H,2,16-19H2,1H3,(H,29,33)(H,30,34). The molecule has 0 fully saturated rings. The number of nitrogens with one attached hydrogen (secondary N) is 2. The van der Waals surface area contributed by atoms with Crippen LogP contribution in [-0.4, -0.2) is 27.5 Å². The van der Waals surface area contributed by atoms with Gasteiger partial charge in [0, 0.05) is 13.1 Å². The van der Waals surface area contributed by atoms with Gasteiger partial charge in [0.05, 0.1) is 23.0 Å². The molecule has 184 valence electrons. The van der Waals surface area contributed by atoms with Crippen molar-refractivity contribution in [2.45, 2.75) is 32.9 Å². The number of para-hydroxylation sites is 1. The quantitative estimate of drug-likeness (QED) is 0.381. The van der Waals surface area contributed by atoms with Gasteiger partial charge in [-0.15, -0.1) is 0 Å². The zero-order valence-corrected chi connectivity index (χ0v) is 20.1. The molecule has 0 spiro atoms. The first kappa shape index (κ1) is 24.7. The van der Waals surface area contributed by atoms with E-state index in [-0.39, 0.29) is 24.8 Å². The Balaban J connectivity index is 1.64. The number of hydrogen-bond donors (Lipinski definition) is 2. The first-order valence-electron chi connectivity index (χ1n) is 11.9. The summed E-state index contributed by atoms with van der Waals surface area (Å²) in [7, 11) is 0. The van der Waals surface area contributed by atoms with Crippen molar-refractivity contribution in [1.82, 2.24) is 19.8 Å². The highest BCUT2D eigenvalue weighted by Crippen LogP contribution is 2.12. The van der Waals surface area contributed by atoms with E-state index in [1.54, 1.807) is 48.5 Å². The molecule has 2 amide bonds. The molecule has 0 unspecified atom stereocenters. The highest BCUT2D eigenvalue weighted by molar-refractivity contribution is 5.82. The third-order valence-electron chi connectivity index (χ3n) is 5.82. The van der Waals surface area contributed by atoms with E-state index in [0.29, 0.717) is 29.7 Å². The average Bonchev–Trinajstić information content (AvgIpc) is 2.90.